The first-order chi connectivity index (χ1) is 10.6. The van der Waals surface area contributed by atoms with Crippen molar-refractivity contribution in [1.82, 2.24) is 0 Å². The lowest BCUT2D eigenvalue weighted by molar-refractivity contribution is 0.0407. The monoisotopic (exact) mass is 333 g/mol. The van der Waals surface area contributed by atoms with Crippen LogP contribution in [0.1, 0.15) is 30.9 Å². The number of aliphatic hydroxyl groups is 1. The third kappa shape index (κ3) is 3.49. The lowest BCUT2D eigenvalue weighted by Crippen LogP contribution is -2.36. The summed E-state index contributed by atoms with van der Waals surface area (Å²) in [7, 11) is 0. The Morgan fingerprint density at radius 1 is 1.09 bits per heavy atom. The Morgan fingerprint density at radius 3 is 2.41 bits per heavy atom. The first-order valence-corrected chi connectivity index (χ1v) is 8.80. The molecule has 1 aliphatic rings. The zero-order valence-corrected chi connectivity index (χ0v) is 13.9. The molecule has 2 atom stereocenters. The summed E-state index contributed by atoms with van der Waals surface area (Å²) in [5, 5.41) is 11.2. The summed E-state index contributed by atoms with van der Waals surface area (Å²) in [6, 6.07) is 15.5. The van der Waals surface area contributed by atoms with E-state index in [1.165, 1.54) is 6.42 Å². The second kappa shape index (κ2) is 7.05. The lowest BCUT2D eigenvalue weighted by Gasteiger charge is -2.34. The predicted octanol–water partition coefficient (Wildman–Crippen LogP) is 4.65. The van der Waals surface area contributed by atoms with Crippen molar-refractivity contribution in [3.8, 4) is 0 Å². The standard InChI is InChI=1S/C18H20ClNOS/c19-13-8-10-14(11-9-13)22-16-7-2-1-6-15(16)17(20)18(21)12-4-3-5-12/h1-2,6-12,17-18,21H,3-5,20H2/t17-,18+/m0/s1. The van der Waals surface area contributed by atoms with Crippen LogP contribution in [0.4, 0.5) is 0 Å². The molecule has 22 heavy (non-hydrogen) atoms. The highest BCUT2D eigenvalue weighted by atomic mass is 35.5. The minimum atomic E-state index is -0.458. The van der Waals surface area contributed by atoms with Crippen LogP contribution in [0.15, 0.2) is 58.3 Å². The SMILES string of the molecule is N[C@@H](c1ccccc1Sc1ccc(Cl)cc1)[C@H](O)C1CCC1. The van der Waals surface area contributed by atoms with Gasteiger partial charge in [-0.1, -0.05) is 48.0 Å². The number of hydrogen-bond donors (Lipinski definition) is 2. The molecule has 1 aliphatic carbocycles. The molecule has 0 bridgehead atoms. The molecule has 4 heteroatoms. The van der Waals surface area contributed by atoms with E-state index in [1.807, 2.05) is 42.5 Å². The smallest absolute Gasteiger partial charge is 0.0761 e. The molecule has 3 rings (SSSR count). The average Bonchev–Trinajstić information content (AvgIpc) is 2.48. The summed E-state index contributed by atoms with van der Waals surface area (Å²) in [6.07, 6.45) is 2.92. The topological polar surface area (TPSA) is 46.2 Å². The Kier molecular flexibility index (Phi) is 5.09. The molecule has 0 amide bonds. The van der Waals surface area contributed by atoms with E-state index in [9.17, 15) is 5.11 Å². The van der Waals surface area contributed by atoms with E-state index in [1.54, 1.807) is 11.8 Å². The van der Waals surface area contributed by atoms with Crippen molar-refractivity contribution in [3.05, 3.63) is 59.1 Å². The molecule has 0 spiro atoms. The van der Waals surface area contributed by atoms with Gasteiger partial charge in [0.1, 0.15) is 0 Å². The highest BCUT2D eigenvalue weighted by Gasteiger charge is 2.31. The highest BCUT2D eigenvalue weighted by Crippen LogP contribution is 2.38. The van der Waals surface area contributed by atoms with Crippen LogP contribution in [-0.2, 0) is 0 Å². The third-order valence-electron chi connectivity index (χ3n) is 4.32. The van der Waals surface area contributed by atoms with Crippen LogP contribution in [0.5, 0.6) is 0 Å². The lowest BCUT2D eigenvalue weighted by atomic mass is 9.77. The van der Waals surface area contributed by atoms with Crippen molar-refractivity contribution in [3.63, 3.8) is 0 Å². The van der Waals surface area contributed by atoms with Crippen LogP contribution in [0.25, 0.3) is 0 Å². The number of benzene rings is 2. The second-order valence-electron chi connectivity index (χ2n) is 5.80. The van der Waals surface area contributed by atoms with E-state index < -0.39 is 6.10 Å². The van der Waals surface area contributed by atoms with Crippen LogP contribution in [0.2, 0.25) is 5.02 Å². The number of aliphatic hydroxyl groups excluding tert-OH is 1. The van der Waals surface area contributed by atoms with Gasteiger partial charge >= 0.3 is 0 Å². The second-order valence-corrected chi connectivity index (χ2v) is 7.35. The van der Waals surface area contributed by atoms with Gasteiger partial charge in [0.25, 0.3) is 0 Å². The van der Waals surface area contributed by atoms with Gasteiger partial charge < -0.3 is 10.8 Å². The molecule has 2 aromatic carbocycles. The molecule has 2 nitrogen and oxygen atoms in total. The number of rotatable bonds is 5. The number of halogens is 1. The zero-order chi connectivity index (χ0) is 15.5. The summed E-state index contributed by atoms with van der Waals surface area (Å²) >= 11 is 7.59. The first-order valence-electron chi connectivity index (χ1n) is 7.61. The first kappa shape index (κ1) is 15.9. The number of nitrogens with two attached hydrogens (primary N) is 1. The van der Waals surface area contributed by atoms with Crippen LogP contribution < -0.4 is 5.73 Å². The Labute approximate surface area is 140 Å². The molecule has 0 radical (unpaired) electrons. The van der Waals surface area contributed by atoms with Crippen molar-refractivity contribution < 1.29 is 5.11 Å². The van der Waals surface area contributed by atoms with Gasteiger partial charge in [0, 0.05) is 14.8 Å². The summed E-state index contributed by atoms with van der Waals surface area (Å²) in [5.41, 5.74) is 7.36. The van der Waals surface area contributed by atoms with E-state index >= 15 is 0 Å². The van der Waals surface area contributed by atoms with Gasteiger partial charge in [-0.15, -0.1) is 0 Å². The fourth-order valence-corrected chi connectivity index (χ4v) is 3.86. The van der Waals surface area contributed by atoms with Gasteiger partial charge in [-0.05, 0) is 54.7 Å². The summed E-state index contributed by atoms with van der Waals surface area (Å²) in [4.78, 5) is 2.21. The molecule has 0 heterocycles. The summed E-state index contributed by atoms with van der Waals surface area (Å²) in [6.45, 7) is 0. The van der Waals surface area contributed by atoms with E-state index in [0.29, 0.717) is 5.92 Å². The van der Waals surface area contributed by atoms with Gasteiger partial charge in [-0.25, -0.2) is 0 Å². The molecule has 1 fully saturated rings. The number of hydrogen-bond acceptors (Lipinski definition) is 3. The van der Waals surface area contributed by atoms with Crippen LogP contribution in [0.3, 0.4) is 0 Å². The Bertz CT molecular complexity index is 627. The van der Waals surface area contributed by atoms with Gasteiger partial charge in [-0.2, -0.15) is 0 Å². The Hall–Kier alpha value is -1.00. The average molecular weight is 334 g/mol. The van der Waals surface area contributed by atoms with E-state index in [2.05, 4.69) is 6.07 Å². The largest absolute Gasteiger partial charge is 0.391 e. The predicted molar refractivity (Wildman–Crippen MR) is 92.3 cm³/mol. The fourth-order valence-electron chi connectivity index (χ4n) is 2.74. The summed E-state index contributed by atoms with van der Waals surface area (Å²) in [5.74, 6) is 0.351. The molecule has 116 valence electrons. The van der Waals surface area contributed by atoms with Crippen molar-refractivity contribution >= 4 is 23.4 Å². The van der Waals surface area contributed by atoms with Gasteiger partial charge in [0.15, 0.2) is 0 Å². The fraction of sp³-hybridized carbons (Fsp3) is 0.333. The maximum Gasteiger partial charge on any atom is 0.0761 e. The minimum absolute atomic E-state index is 0.332. The maximum absolute atomic E-state index is 10.5. The molecule has 2 aromatic rings. The quantitative estimate of drug-likeness (QED) is 0.837. The van der Waals surface area contributed by atoms with Crippen molar-refractivity contribution in [2.45, 2.75) is 41.2 Å². The zero-order valence-electron chi connectivity index (χ0n) is 12.3. The Balaban J connectivity index is 1.81. The third-order valence-corrected chi connectivity index (χ3v) is 5.67. The molecule has 0 aromatic heterocycles. The van der Waals surface area contributed by atoms with Crippen molar-refractivity contribution in [1.29, 1.82) is 0 Å². The van der Waals surface area contributed by atoms with Crippen molar-refractivity contribution in [2.75, 3.05) is 0 Å². The molecule has 1 saturated carbocycles. The normalized spacial score (nSPS) is 17.8. The van der Waals surface area contributed by atoms with E-state index in [0.717, 1.165) is 33.2 Å². The van der Waals surface area contributed by atoms with Gasteiger partial charge in [0.05, 0.1) is 12.1 Å². The highest BCUT2D eigenvalue weighted by molar-refractivity contribution is 7.99. The summed E-state index contributed by atoms with van der Waals surface area (Å²) < 4.78 is 0. The van der Waals surface area contributed by atoms with Crippen LogP contribution >= 0.6 is 23.4 Å². The Morgan fingerprint density at radius 2 is 1.77 bits per heavy atom. The van der Waals surface area contributed by atoms with Crippen molar-refractivity contribution in [2.24, 2.45) is 11.7 Å². The maximum atomic E-state index is 10.5. The van der Waals surface area contributed by atoms with Gasteiger partial charge in [0.2, 0.25) is 0 Å². The molecule has 3 N–H and O–H groups in total. The van der Waals surface area contributed by atoms with Gasteiger partial charge in [-0.3, -0.25) is 0 Å². The van der Waals surface area contributed by atoms with Crippen LogP contribution in [0, 0.1) is 5.92 Å². The molecular weight excluding hydrogens is 314 g/mol. The molecule has 0 saturated heterocycles. The molecule has 0 aliphatic heterocycles. The molecular formula is C18H20ClNOS. The molecule has 0 unspecified atom stereocenters. The van der Waals surface area contributed by atoms with E-state index in [-0.39, 0.29) is 6.04 Å². The van der Waals surface area contributed by atoms with E-state index in [4.69, 9.17) is 17.3 Å². The van der Waals surface area contributed by atoms with Crippen LogP contribution in [-0.4, -0.2) is 11.2 Å². The minimum Gasteiger partial charge on any atom is -0.391 e.